The topological polar surface area (TPSA) is 373 Å². The van der Waals surface area contributed by atoms with Gasteiger partial charge in [0.15, 0.2) is 37.7 Å². The van der Waals surface area contributed by atoms with E-state index in [1.165, 1.54) is 20.1 Å². The Kier molecular flexibility index (Phi) is 24.2. The standard InChI is InChI=1S/C70H106O28/c1-33(73)41-21-24-70(81)68(41,7)49(93-50(74)18-17-38-15-13-12-14-16-38)30-48-67(6)22-20-40(25-39(67)19-23-69(48,70)80)90-51-26-42(82-8)60(34(2)86-51)94-52-27-43(83-9)61(35(3)87-52)95-53-28-44(84-10)62(36(4)88-53)96-54-29-45(85-11)63(37(5)89-54)97-66-59(79)57(77)64(47(32-72)92-66)98-65-58(78)56(76)55(75)46(31-71)91-65/h12-19,34-37,40-49,51-66,71-72,75-81H,20-32H2,1-11H3/b18-17+/t34-,35-,36-,37-,40+,41+,42+,43+,44-,45-,46-,47-,48-,49-,51?,52?,53+,54+,55-,56+,57-,58-,59-,60-,61-,62-,63-,64-,65+,66+,67+,68+,69+,70-/m1/s1. The molecule has 9 fully saturated rings. The number of fused-ring (bicyclic) bond motifs is 5. The summed E-state index contributed by atoms with van der Waals surface area (Å²) in [7, 11) is 6.28. The van der Waals surface area contributed by atoms with Crippen LogP contribution in [0.4, 0.5) is 0 Å². The van der Waals surface area contributed by atoms with Gasteiger partial charge in [-0.1, -0.05) is 55.8 Å². The van der Waals surface area contributed by atoms with E-state index in [1.54, 1.807) is 34.3 Å². The zero-order valence-electron chi connectivity index (χ0n) is 57.9. The van der Waals surface area contributed by atoms with Crippen LogP contribution in [0.1, 0.15) is 125 Å². The van der Waals surface area contributed by atoms with Gasteiger partial charge in [-0.05, 0) is 96.6 Å². The second kappa shape index (κ2) is 31.3. The monoisotopic (exact) mass is 1390 g/mol. The van der Waals surface area contributed by atoms with E-state index in [1.807, 2.05) is 58.0 Å². The summed E-state index contributed by atoms with van der Waals surface area (Å²) in [6.07, 6.45) is -18.5. The first-order valence-corrected chi connectivity index (χ1v) is 34.8. The van der Waals surface area contributed by atoms with Crippen LogP contribution in [0.25, 0.3) is 6.08 Å². The molecule has 34 atom stereocenters. The van der Waals surface area contributed by atoms with Gasteiger partial charge in [-0.2, -0.15) is 0 Å². The number of carbonyl (C=O) groups excluding carboxylic acids is 2. The van der Waals surface area contributed by atoms with Crippen molar-refractivity contribution in [3.05, 3.63) is 53.6 Å². The van der Waals surface area contributed by atoms with Crippen LogP contribution >= 0.6 is 0 Å². The van der Waals surface area contributed by atoms with Crippen molar-refractivity contribution in [2.24, 2.45) is 22.7 Å². The van der Waals surface area contributed by atoms with Crippen LogP contribution in [0.2, 0.25) is 0 Å². The van der Waals surface area contributed by atoms with Gasteiger partial charge < -0.3 is 126 Å². The molecule has 10 aliphatic rings. The minimum atomic E-state index is -1.82. The molecule has 0 bridgehead atoms. The number of rotatable bonds is 22. The van der Waals surface area contributed by atoms with Crippen molar-refractivity contribution in [2.75, 3.05) is 41.7 Å². The van der Waals surface area contributed by atoms with Gasteiger partial charge in [0.25, 0.3) is 0 Å². The molecule has 11 rings (SSSR count). The maximum atomic E-state index is 13.7. The highest BCUT2D eigenvalue weighted by Gasteiger charge is 2.77. The number of hydrogen-bond donors (Lipinski definition) is 9. The van der Waals surface area contributed by atoms with Crippen molar-refractivity contribution in [1.82, 2.24) is 0 Å². The molecule has 4 aliphatic carbocycles. The quantitative estimate of drug-likeness (QED) is 0.0454. The van der Waals surface area contributed by atoms with Gasteiger partial charge in [0.1, 0.15) is 96.3 Å². The normalized spacial score (nSPS) is 49.1. The Hall–Kier alpha value is -3.16. The highest BCUT2D eigenvalue weighted by Crippen LogP contribution is 2.70. The lowest BCUT2D eigenvalue weighted by atomic mass is 9.43. The Labute approximate surface area is 572 Å². The summed E-state index contributed by atoms with van der Waals surface area (Å²) in [4.78, 5) is 27.0. The van der Waals surface area contributed by atoms with E-state index in [2.05, 4.69) is 13.0 Å². The first-order chi connectivity index (χ1) is 46.7. The minimum Gasteiger partial charge on any atom is -0.458 e. The molecule has 28 nitrogen and oxygen atoms in total. The number of aliphatic hydroxyl groups is 9. The average molecular weight is 1400 g/mol. The Morgan fingerprint density at radius 1 is 0.561 bits per heavy atom. The van der Waals surface area contributed by atoms with E-state index >= 15 is 0 Å². The number of carbonyl (C=O) groups is 2. The third kappa shape index (κ3) is 14.6. The van der Waals surface area contributed by atoms with E-state index in [0.29, 0.717) is 38.5 Å². The molecule has 554 valence electrons. The maximum Gasteiger partial charge on any atom is 0.331 e. The molecular weight excluding hydrogens is 1290 g/mol. The Balaban J connectivity index is 0.654. The van der Waals surface area contributed by atoms with Gasteiger partial charge in [-0.3, -0.25) is 4.79 Å². The molecule has 6 aliphatic heterocycles. The first-order valence-electron chi connectivity index (χ1n) is 34.8. The summed E-state index contributed by atoms with van der Waals surface area (Å²) in [5, 5.41) is 99.6. The molecule has 0 aromatic heterocycles. The zero-order chi connectivity index (χ0) is 70.5. The maximum absolute atomic E-state index is 13.7. The number of esters is 1. The van der Waals surface area contributed by atoms with Gasteiger partial charge in [0.2, 0.25) is 0 Å². The number of aliphatic hydroxyl groups excluding tert-OH is 7. The number of methoxy groups -OCH3 is 4. The molecule has 6 heterocycles. The molecule has 0 radical (unpaired) electrons. The average Bonchev–Trinajstić information content (AvgIpc) is 1.34. The van der Waals surface area contributed by atoms with Crippen molar-refractivity contribution >= 4 is 17.8 Å². The van der Waals surface area contributed by atoms with Gasteiger partial charge in [0, 0.05) is 77.4 Å². The fraction of sp³-hybridized carbons (Fsp3) is 0.829. The fourth-order valence-electron chi connectivity index (χ4n) is 18.1. The lowest BCUT2D eigenvalue weighted by molar-refractivity contribution is -0.376. The summed E-state index contributed by atoms with van der Waals surface area (Å²) in [5.41, 5.74) is -3.19. The van der Waals surface area contributed by atoms with E-state index in [4.69, 9.17) is 80.5 Å². The molecular formula is C70H106O28. The second-order valence-electron chi connectivity index (χ2n) is 29.1. The lowest BCUT2D eigenvalue weighted by Gasteiger charge is -2.66. The van der Waals surface area contributed by atoms with Crippen molar-refractivity contribution in [3.63, 3.8) is 0 Å². The number of ether oxygens (including phenoxy) is 17. The van der Waals surface area contributed by atoms with Gasteiger partial charge in [-0.15, -0.1) is 0 Å². The van der Waals surface area contributed by atoms with Crippen LogP contribution in [0.3, 0.4) is 0 Å². The van der Waals surface area contributed by atoms with Crippen molar-refractivity contribution in [3.8, 4) is 0 Å². The van der Waals surface area contributed by atoms with Gasteiger partial charge in [0.05, 0.1) is 68.1 Å². The smallest absolute Gasteiger partial charge is 0.331 e. The highest BCUT2D eigenvalue weighted by molar-refractivity contribution is 5.87. The first kappa shape index (κ1) is 76.0. The van der Waals surface area contributed by atoms with Gasteiger partial charge in [-0.25, -0.2) is 4.79 Å². The van der Waals surface area contributed by atoms with Crippen molar-refractivity contribution < 1.29 is 136 Å². The number of benzene rings is 1. The van der Waals surface area contributed by atoms with E-state index in [-0.39, 0.29) is 44.0 Å². The molecule has 0 amide bonds. The van der Waals surface area contributed by atoms with Crippen LogP contribution in [0.15, 0.2) is 48.1 Å². The van der Waals surface area contributed by atoms with Crippen molar-refractivity contribution in [1.29, 1.82) is 0 Å². The molecule has 9 N–H and O–H groups in total. The number of Topliss-reactive ketones (excluding diaryl/α,β-unsaturated/α-hetero) is 1. The fourth-order valence-corrected chi connectivity index (χ4v) is 18.1. The predicted octanol–water partition coefficient (Wildman–Crippen LogP) is 1.77. The minimum absolute atomic E-state index is 0.107. The highest BCUT2D eigenvalue weighted by atomic mass is 16.8. The molecule has 2 unspecified atom stereocenters. The van der Waals surface area contributed by atoms with Crippen LogP contribution in [-0.2, 0) is 90.1 Å². The van der Waals surface area contributed by atoms with Crippen molar-refractivity contribution in [2.45, 2.75) is 302 Å². The SMILES string of the molecule is CO[C@H]1CC(O[C@H]2CC[C@@]3(C)C(=CC[C@]4(O)[C@@H]3C[C@@H](OC(=O)/C=C/c3ccccc3)[C@]3(C)[C@H](C(C)=O)CC[C@@]34O)C2)O[C@H](C)[C@H]1OC1C[C@H](OC)[C@H](O[C@H]2C[C@@H](OC)[C@H](O[C@H]3C[C@@H](OC)[C@H](O[C@@H]4O[C@H](CO)[C@@H](O[C@@H]5O[C@H](CO)[C@@H](O)[C@H](O)[C@H]5O)[C@H](O)[C@H]4O)[C@@H](C)O3)[C@@H](C)O2)[C@@H](C)O1. The lowest BCUT2D eigenvalue weighted by Crippen LogP contribution is -2.75. The molecule has 1 aromatic carbocycles. The summed E-state index contributed by atoms with van der Waals surface area (Å²) >= 11 is 0. The third-order valence-electron chi connectivity index (χ3n) is 23.6. The van der Waals surface area contributed by atoms with Crippen LogP contribution in [0.5, 0.6) is 0 Å². The molecule has 6 saturated heterocycles. The molecule has 3 saturated carbocycles. The Morgan fingerprint density at radius 2 is 1.03 bits per heavy atom. The Bertz CT molecular complexity index is 2870. The largest absolute Gasteiger partial charge is 0.458 e. The number of ketones is 1. The molecule has 98 heavy (non-hydrogen) atoms. The summed E-state index contributed by atoms with van der Waals surface area (Å²) in [6, 6.07) is 9.41. The molecule has 0 spiro atoms. The van der Waals surface area contributed by atoms with E-state index in [9.17, 15) is 55.5 Å². The summed E-state index contributed by atoms with van der Waals surface area (Å²) in [6.45, 7) is 11.4. The van der Waals surface area contributed by atoms with Crippen LogP contribution in [0, 0.1) is 22.7 Å². The van der Waals surface area contributed by atoms with E-state index < -0.39 is 219 Å². The molecule has 1 aromatic rings. The predicted molar refractivity (Wildman–Crippen MR) is 339 cm³/mol. The number of hydrogen-bond acceptors (Lipinski definition) is 28. The zero-order valence-corrected chi connectivity index (χ0v) is 57.9. The molecule has 28 heteroatoms. The van der Waals surface area contributed by atoms with Gasteiger partial charge >= 0.3 is 5.97 Å². The van der Waals surface area contributed by atoms with Crippen LogP contribution in [-0.4, -0.2) is 283 Å². The second-order valence-corrected chi connectivity index (χ2v) is 29.1. The third-order valence-corrected chi connectivity index (χ3v) is 23.6. The van der Waals surface area contributed by atoms with E-state index in [0.717, 1.165) is 11.1 Å². The Morgan fingerprint density at radius 3 is 1.52 bits per heavy atom. The summed E-state index contributed by atoms with van der Waals surface area (Å²) in [5.74, 6) is -1.79. The van der Waals surface area contributed by atoms with Crippen LogP contribution < -0.4 is 0 Å². The summed E-state index contributed by atoms with van der Waals surface area (Å²) < 4.78 is 106.